The van der Waals surface area contributed by atoms with Crippen LogP contribution in [0.1, 0.15) is 24.1 Å². The second-order valence-corrected chi connectivity index (χ2v) is 5.77. The largest absolute Gasteiger partial charge is 0.346 e. The Labute approximate surface area is 124 Å². The zero-order valence-corrected chi connectivity index (χ0v) is 12.0. The lowest BCUT2D eigenvalue weighted by Gasteiger charge is -2.11. The summed E-state index contributed by atoms with van der Waals surface area (Å²) in [6.45, 7) is 1.83. The molecule has 1 saturated carbocycles. The maximum Gasteiger partial charge on any atom is 0.0751 e. The Kier molecular flexibility index (Phi) is 3.20. The van der Waals surface area contributed by atoms with Crippen LogP contribution in [0.4, 0.5) is 0 Å². The summed E-state index contributed by atoms with van der Waals surface area (Å²) in [5, 5.41) is 4.79. The molecule has 21 heavy (non-hydrogen) atoms. The van der Waals surface area contributed by atoms with Gasteiger partial charge in [0.05, 0.1) is 5.52 Å². The molecule has 106 valence electrons. The number of aromatic nitrogens is 2. The Morgan fingerprint density at radius 3 is 2.90 bits per heavy atom. The van der Waals surface area contributed by atoms with Gasteiger partial charge in [0.15, 0.2) is 0 Å². The Balaban J connectivity index is 1.61. The topological polar surface area (TPSA) is 29.9 Å². The third-order valence-electron chi connectivity index (χ3n) is 4.13. The Morgan fingerprint density at radius 1 is 1.10 bits per heavy atom. The smallest absolute Gasteiger partial charge is 0.0751 e. The van der Waals surface area contributed by atoms with E-state index >= 15 is 0 Å². The first-order chi connectivity index (χ1) is 10.4. The van der Waals surface area contributed by atoms with Gasteiger partial charge < -0.3 is 9.88 Å². The molecule has 0 aliphatic heterocycles. The van der Waals surface area contributed by atoms with Crippen molar-refractivity contribution in [3.8, 4) is 0 Å². The zero-order valence-electron chi connectivity index (χ0n) is 12.0. The van der Waals surface area contributed by atoms with Gasteiger partial charge >= 0.3 is 0 Å². The number of para-hydroxylation sites is 1. The first-order valence-electron chi connectivity index (χ1n) is 7.60. The number of benzene rings is 1. The minimum absolute atomic E-state index is 0.743. The molecular weight excluding hydrogens is 258 g/mol. The van der Waals surface area contributed by atoms with Gasteiger partial charge in [-0.25, -0.2) is 0 Å². The van der Waals surface area contributed by atoms with Crippen molar-refractivity contribution >= 4 is 10.9 Å². The molecule has 3 heteroatoms. The predicted molar refractivity (Wildman–Crippen MR) is 85.1 cm³/mol. The highest BCUT2D eigenvalue weighted by Gasteiger charge is 2.20. The van der Waals surface area contributed by atoms with E-state index in [0.29, 0.717) is 0 Å². The van der Waals surface area contributed by atoms with E-state index in [1.54, 1.807) is 0 Å². The molecule has 0 unspecified atom stereocenters. The van der Waals surface area contributed by atoms with Gasteiger partial charge in [0.2, 0.25) is 0 Å². The van der Waals surface area contributed by atoms with Crippen LogP contribution in [0.2, 0.25) is 0 Å². The molecule has 3 aromatic rings. The van der Waals surface area contributed by atoms with E-state index in [9.17, 15) is 0 Å². The molecule has 0 amide bonds. The fourth-order valence-electron chi connectivity index (χ4n) is 2.78. The van der Waals surface area contributed by atoms with Crippen LogP contribution in [-0.4, -0.2) is 15.6 Å². The number of fused-ring (bicyclic) bond motifs is 1. The summed E-state index contributed by atoms with van der Waals surface area (Å²) < 4.78 is 2.32. The summed E-state index contributed by atoms with van der Waals surface area (Å²) in [6, 6.07) is 15.6. The van der Waals surface area contributed by atoms with Crippen LogP contribution in [-0.2, 0) is 13.1 Å². The Bertz CT molecular complexity index is 751. The molecular formula is C18H19N3. The lowest BCUT2D eigenvalue weighted by molar-refractivity contribution is 0.635. The van der Waals surface area contributed by atoms with E-state index in [2.05, 4.69) is 57.5 Å². The van der Waals surface area contributed by atoms with E-state index in [0.717, 1.165) is 24.6 Å². The maximum atomic E-state index is 4.55. The van der Waals surface area contributed by atoms with Crippen LogP contribution >= 0.6 is 0 Å². The Morgan fingerprint density at radius 2 is 2.00 bits per heavy atom. The lowest BCUT2D eigenvalue weighted by atomic mass is 10.1. The average molecular weight is 277 g/mol. The summed E-state index contributed by atoms with van der Waals surface area (Å²) in [7, 11) is 0. The standard InChI is InChI=1S/C18H19N3/c1-4-14-6-2-10-19-18(14)15(5-1)13-21-11-3-7-17(21)12-20-16-8-9-16/h1-7,10-11,16,20H,8-9,12-13H2. The van der Waals surface area contributed by atoms with Gasteiger partial charge in [-0.2, -0.15) is 0 Å². The average Bonchev–Trinajstić information content (AvgIpc) is 3.25. The number of hydrogen-bond donors (Lipinski definition) is 1. The molecule has 2 heterocycles. The predicted octanol–water partition coefficient (Wildman–Crippen LogP) is 3.34. The molecule has 0 bridgehead atoms. The number of hydrogen-bond acceptors (Lipinski definition) is 2. The van der Waals surface area contributed by atoms with Gasteiger partial charge in [0.1, 0.15) is 0 Å². The van der Waals surface area contributed by atoms with E-state index < -0.39 is 0 Å². The normalized spacial score (nSPS) is 14.7. The molecule has 0 saturated heterocycles. The van der Waals surface area contributed by atoms with Crippen molar-refractivity contribution in [3.63, 3.8) is 0 Å². The molecule has 3 nitrogen and oxygen atoms in total. The third kappa shape index (κ3) is 2.69. The van der Waals surface area contributed by atoms with Gasteiger partial charge in [-0.05, 0) is 36.6 Å². The number of pyridine rings is 1. The third-order valence-corrected chi connectivity index (χ3v) is 4.13. The second-order valence-electron chi connectivity index (χ2n) is 5.77. The summed E-state index contributed by atoms with van der Waals surface area (Å²) in [4.78, 5) is 4.55. The molecule has 0 spiro atoms. The highest BCUT2D eigenvalue weighted by atomic mass is 15.0. The second kappa shape index (κ2) is 5.34. The van der Waals surface area contributed by atoms with Crippen LogP contribution in [0.15, 0.2) is 54.9 Å². The van der Waals surface area contributed by atoms with Crippen molar-refractivity contribution in [2.75, 3.05) is 0 Å². The highest BCUT2D eigenvalue weighted by Crippen LogP contribution is 2.20. The van der Waals surface area contributed by atoms with Crippen LogP contribution in [0.3, 0.4) is 0 Å². The van der Waals surface area contributed by atoms with Gasteiger partial charge in [0, 0.05) is 42.6 Å². The quantitative estimate of drug-likeness (QED) is 0.775. The number of nitrogens with one attached hydrogen (secondary N) is 1. The first kappa shape index (κ1) is 12.6. The molecule has 2 aromatic heterocycles. The van der Waals surface area contributed by atoms with Crippen molar-refractivity contribution in [1.82, 2.24) is 14.9 Å². The minimum Gasteiger partial charge on any atom is -0.346 e. The fourth-order valence-corrected chi connectivity index (χ4v) is 2.78. The van der Waals surface area contributed by atoms with Gasteiger partial charge in [-0.15, -0.1) is 0 Å². The van der Waals surface area contributed by atoms with Gasteiger partial charge in [0.25, 0.3) is 0 Å². The van der Waals surface area contributed by atoms with Crippen molar-refractivity contribution in [2.45, 2.75) is 32.0 Å². The summed E-state index contributed by atoms with van der Waals surface area (Å²) in [5.74, 6) is 0. The van der Waals surface area contributed by atoms with Crippen molar-refractivity contribution < 1.29 is 0 Å². The summed E-state index contributed by atoms with van der Waals surface area (Å²) >= 11 is 0. The Hall–Kier alpha value is -2.13. The molecule has 1 aliphatic carbocycles. The SMILES string of the molecule is c1cnc2c(Cn3cccc3CNC3CC3)cccc2c1. The zero-order chi connectivity index (χ0) is 14.1. The van der Waals surface area contributed by atoms with Gasteiger partial charge in [-0.1, -0.05) is 24.3 Å². The minimum atomic E-state index is 0.743. The van der Waals surface area contributed by atoms with Crippen LogP contribution in [0.5, 0.6) is 0 Å². The fraction of sp³-hybridized carbons (Fsp3) is 0.278. The van der Waals surface area contributed by atoms with Crippen molar-refractivity contribution in [1.29, 1.82) is 0 Å². The highest BCUT2D eigenvalue weighted by molar-refractivity contribution is 5.81. The number of rotatable bonds is 5. The van der Waals surface area contributed by atoms with Crippen molar-refractivity contribution in [2.24, 2.45) is 0 Å². The van der Waals surface area contributed by atoms with E-state index in [-0.39, 0.29) is 0 Å². The summed E-state index contributed by atoms with van der Waals surface area (Å²) in [6.07, 6.45) is 6.69. The molecule has 0 atom stereocenters. The molecule has 1 aliphatic rings. The molecule has 4 rings (SSSR count). The first-order valence-corrected chi connectivity index (χ1v) is 7.60. The van der Waals surface area contributed by atoms with Crippen molar-refractivity contribution in [3.05, 3.63) is 66.1 Å². The summed E-state index contributed by atoms with van der Waals surface area (Å²) in [5.41, 5.74) is 3.72. The molecule has 1 fully saturated rings. The van der Waals surface area contributed by atoms with Crippen LogP contribution < -0.4 is 5.32 Å². The van der Waals surface area contributed by atoms with E-state index in [1.165, 1.54) is 29.5 Å². The van der Waals surface area contributed by atoms with Crippen LogP contribution in [0, 0.1) is 0 Å². The monoisotopic (exact) mass is 277 g/mol. The van der Waals surface area contributed by atoms with Crippen LogP contribution in [0.25, 0.3) is 10.9 Å². The molecule has 0 radical (unpaired) electrons. The van der Waals surface area contributed by atoms with E-state index in [1.807, 2.05) is 12.3 Å². The number of nitrogens with zero attached hydrogens (tertiary/aromatic N) is 2. The van der Waals surface area contributed by atoms with Gasteiger partial charge in [-0.3, -0.25) is 4.98 Å². The van der Waals surface area contributed by atoms with E-state index in [4.69, 9.17) is 0 Å². The molecule has 1 N–H and O–H groups in total. The molecule has 1 aromatic carbocycles. The lowest BCUT2D eigenvalue weighted by Crippen LogP contribution is -2.18. The maximum absolute atomic E-state index is 4.55.